The van der Waals surface area contributed by atoms with Gasteiger partial charge in [0, 0.05) is 81.6 Å². The van der Waals surface area contributed by atoms with Gasteiger partial charge in [-0.2, -0.15) is 0 Å². The summed E-state index contributed by atoms with van der Waals surface area (Å²) in [4.78, 5) is 113. The molecule has 2 aliphatic carbocycles. The number of amides is 5. The molecule has 0 fully saturated rings. The van der Waals surface area contributed by atoms with Gasteiger partial charge in [0.1, 0.15) is 12.2 Å². The number of Topliss-reactive ketones (excluding diaryl/α,β-unsaturated/α-hetero) is 2. The highest BCUT2D eigenvalue weighted by atomic mass is 16.6. The van der Waals surface area contributed by atoms with Crippen LogP contribution in [0.3, 0.4) is 0 Å². The van der Waals surface area contributed by atoms with E-state index in [1.54, 1.807) is 52.0 Å². The molecule has 11 N–H and O–H groups in total. The average molecular weight is 1130 g/mol. The Balaban J connectivity index is 0.000000426. The summed E-state index contributed by atoms with van der Waals surface area (Å²) in [5.74, 6) is -5.54. The molecule has 4 rings (SSSR count). The van der Waals surface area contributed by atoms with Crippen LogP contribution in [-0.4, -0.2) is 141 Å². The standard InChI is InChI=1S/C30H41N3O9.C28H39N3O8/c1-15-11-20-25(32-19(5)34)22(35)14-21(27(20)37)33-29(38)16(2)9-8-10-23(40-6)28(42-30(31)39)18(4)13-17(3)26(36)24(12-15)41-7;1-14-10-18-23(29)20(32)13-19(25(18)34)31-27(35)15(2)8-7-9-21(37-5)26(39-28(30)36)17(4)12-16(3)24(33)22(11-14)38-6/h8-10,13-15,17,23-24,26,28,36H,11-12H2,1-7H3,(H2,31,39)(H,32,34)(H,33,38);7-9,12-14,16,21-22,24,26,33H,10-11,29H2,1-6H3,(H2,30,36)(H,31,35)/b10-8-,16-9+,18-13+;9-7-,15-8+,17-12+/t15-,17+,23+,24+,26-,28+;14-,16+,21+,22+,24-,26+/m11/s1. The smallest absolute Gasteiger partial charge is 0.405 e. The van der Waals surface area contributed by atoms with E-state index in [2.05, 4.69) is 16.0 Å². The molecule has 0 aromatic heterocycles. The molecule has 12 atom stereocenters. The number of allylic oxidation sites excluding steroid dienone is 8. The number of ketones is 4. The molecule has 23 nitrogen and oxygen atoms in total. The van der Waals surface area contributed by atoms with E-state index in [9.17, 15) is 53.4 Å². The third-order valence-electron chi connectivity index (χ3n) is 13.9. The number of ether oxygens (including phenoxy) is 6. The summed E-state index contributed by atoms with van der Waals surface area (Å²) in [6.07, 6.45) is 6.70. The number of methoxy groups -OCH3 is 4. The van der Waals surface area contributed by atoms with Crippen LogP contribution >= 0.6 is 0 Å². The van der Waals surface area contributed by atoms with Gasteiger partial charge in [-0.1, -0.05) is 76.3 Å². The molecule has 5 amide bonds. The second kappa shape index (κ2) is 31.6. The molecule has 2 heterocycles. The normalized spacial score (nSPS) is 32.4. The second-order valence-corrected chi connectivity index (χ2v) is 20.6. The molecule has 0 saturated heterocycles. The van der Waals surface area contributed by atoms with Gasteiger partial charge in [0.15, 0.2) is 12.2 Å². The van der Waals surface area contributed by atoms with Crippen molar-refractivity contribution in [2.75, 3.05) is 28.4 Å². The second-order valence-electron chi connectivity index (χ2n) is 20.6. The molecule has 0 radical (unpaired) electrons. The molecule has 4 bridgehead atoms. The van der Waals surface area contributed by atoms with Gasteiger partial charge in [0.05, 0.1) is 47.2 Å². The molecular weight excluding hydrogens is 1050 g/mol. The van der Waals surface area contributed by atoms with Crippen molar-refractivity contribution >= 4 is 53.0 Å². The number of fused-ring (bicyclic) bond motifs is 4. The van der Waals surface area contributed by atoms with Crippen molar-refractivity contribution in [3.8, 4) is 0 Å². The summed E-state index contributed by atoms with van der Waals surface area (Å²) in [6.45, 7) is 14.9. The number of hydrogen-bond donors (Lipinski definition) is 8. The van der Waals surface area contributed by atoms with Crippen molar-refractivity contribution < 1.29 is 81.8 Å². The van der Waals surface area contributed by atoms with Gasteiger partial charge in [-0.15, -0.1) is 0 Å². The number of aliphatic hydroxyl groups excluding tert-OH is 2. The van der Waals surface area contributed by atoms with Gasteiger partial charge in [0.2, 0.25) is 29.0 Å². The van der Waals surface area contributed by atoms with Gasteiger partial charge in [-0.05, 0) is 76.4 Å². The first-order valence-electron chi connectivity index (χ1n) is 26.2. The lowest BCUT2D eigenvalue weighted by molar-refractivity contribution is -0.122. The molecule has 2 aliphatic heterocycles. The number of hydrogen-bond acceptors (Lipinski definition) is 18. The minimum Gasteiger partial charge on any atom is -0.439 e. The van der Waals surface area contributed by atoms with Crippen LogP contribution in [0.4, 0.5) is 9.59 Å². The molecule has 23 heteroatoms. The Bertz CT molecular complexity index is 2740. The Morgan fingerprint density at radius 1 is 0.605 bits per heavy atom. The molecule has 0 aromatic rings. The van der Waals surface area contributed by atoms with Crippen LogP contribution in [-0.2, 0) is 62.0 Å². The van der Waals surface area contributed by atoms with Crippen molar-refractivity contribution in [2.45, 2.75) is 137 Å². The highest BCUT2D eigenvalue weighted by molar-refractivity contribution is 6.25. The first kappa shape index (κ1) is 67.9. The largest absolute Gasteiger partial charge is 0.439 e. The van der Waals surface area contributed by atoms with Crippen LogP contribution in [0.5, 0.6) is 0 Å². The summed E-state index contributed by atoms with van der Waals surface area (Å²) >= 11 is 0. The van der Waals surface area contributed by atoms with E-state index < -0.39 is 114 Å². The Labute approximate surface area is 472 Å². The van der Waals surface area contributed by atoms with Crippen molar-refractivity contribution in [3.05, 3.63) is 117 Å². The molecule has 0 spiro atoms. The summed E-state index contributed by atoms with van der Waals surface area (Å²) in [7, 11) is 5.76. The molecule has 0 unspecified atom stereocenters. The average Bonchev–Trinajstić information content (AvgIpc) is 3.40. The fourth-order valence-electron chi connectivity index (χ4n) is 9.50. The number of rotatable bonds is 7. The van der Waals surface area contributed by atoms with Crippen LogP contribution in [0.1, 0.15) is 88.0 Å². The fraction of sp³-hybridized carbons (Fsp3) is 0.500. The van der Waals surface area contributed by atoms with Gasteiger partial charge in [-0.3, -0.25) is 33.6 Å². The van der Waals surface area contributed by atoms with E-state index in [4.69, 9.17) is 45.6 Å². The molecule has 444 valence electrons. The molecular formula is C58H80N6O17. The number of nitrogens with one attached hydrogen (secondary N) is 3. The Kier molecular flexibility index (Phi) is 26.4. The Morgan fingerprint density at radius 3 is 1.36 bits per heavy atom. The molecule has 0 saturated carbocycles. The molecule has 0 aromatic carbocycles. The fourth-order valence-corrected chi connectivity index (χ4v) is 9.50. The van der Waals surface area contributed by atoms with E-state index in [-0.39, 0.29) is 76.2 Å². The monoisotopic (exact) mass is 1130 g/mol. The third-order valence-corrected chi connectivity index (χ3v) is 13.9. The molecule has 81 heavy (non-hydrogen) atoms. The maximum absolute atomic E-state index is 13.5. The Hall–Kier alpha value is -7.41. The summed E-state index contributed by atoms with van der Waals surface area (Å²) < 4.78 is 32.9. The summed E-state index contributed by atoms with van der Waals surface area (Å²) in [5.41, 5.74) is 17.6. The predicted molar refractivity (Wildman–Crippen MR) is 297 cm³/mol. The first-order valence-corrected chi connectivity index (χ1v) is 26.2. The highest BCUT2D eigenvalue weighted by Crippen LogP contribution is 2.31. The van der Waals surface area contributed by atoms with Crippen molar-refractivity contribution in [3.63, 3.8) is 0 Å². The summed E-state index contributed by atoms with van der Waals surface area (Å²) in [5, 5.41) is 29.7. The number of carbonyl (C=O) groups is 9. The van der Waals surface area contributed by atoms with Gasteiger partial charge < -0.3 is 71.8 Å². The number of aliphatic hydroxyl groups is 2. The quantitative estimate of drug-likeness (QED) is 0.133. The van der Waals surface area contributed by atoms with Gasteiger partial charge in [-0.25, -0.2) is 9.59 Å². The first-order chi connectivity index (χ1) is 38.0. The van der Waals surface area contributed by atoms with E-state index in [1.165, 1.54) is 73.5 Å². The zero-order chi connectivity index (χ0) is 61.2. The van der Waals surface area contributed by atoms with Crippen molar-refractivity contribution in [1.82, 2.24) is 16.0 Å². The SMILES string of the molecule is CO[C@H]1/C=C\C=C(/C)C(=O)NC2=CC(=O)C(N)=C(C[C@@H](C)C[C@H](OC)[C@H](O)[C@@H](C)/C=C(\C)[C@@H]1OC(N)=O)C2=O.CO[C@H]1/C=C\C=C(/C)C(=O)NC2=CC(=O)C(NC(C)=O)=C(C[C@@H](C)C[C@H](OC)[C@H](O)[C@@H](C)/C=C(\C)[C@@H]1OC(N)=O)C2=O. The number of nitrogens with two attached hydrogens (primary N) is 3. The Morgan fingerprint density at radius 2 is 0.988 bits per heavy atom. The maximum atomic E-state index is 13.5. The van der Waals surface area contributed by atoms with Crippen molar-refractivity contribution in [1.29, 1.82) is 0 Å². The van der Waals surface area contributed by atoms with Crippen LogP contribution in [0.2, 0.25) is 0 Å². The van der Waals surface area contributed by atoms with E-state index in [0.717, 1.165) is 12.2 Å². The maximum Gasteiger partial charge on any atom is 0.405 e. The zero-order valence-electron chi connectivity index (χ0n) is 48.3. The lowest BCUT2D eigenvalue weighted by atomic mass is 9.85. The third kappa shape index (κ3) is 19.4. The van der Waals surface area contributed by atoms with E-state index >= 15 is 0 Å². The van der Waals surface area contributed by atoms with Crippen LogP contribution in [0, 0.1) is 23.7 Å². The lowest BCUT2D eigenvalue weighted by Gasteiger charge is -2.30. The topological polar surface area (TPSA) is 364 Å². The molecule has 4 aliphatic rings. The van der Waals surface area contributed by atoms with Crippen LogP contribution in [0.25, 0.3) is 0 Å². The summed E-state index contributed by atoms with van der Waals surface area (Å²) in [6, 6.07) is 0. The minimum absolute atomic E-state index is 0.0439. The lowest BCUT2D eigenvalue weighted by Crippen LogP contribution is -2.38. The van der Waals surface area contributed by atoms with Gasteiger partial charge >= 0.3 is 12.2 Å². The predicted octanol–water partition coefficient (Wildman–Crippen LogP) is 3.62. The minimum atomic E-state index is -1.02. The van der Waals surface area contributed by atoms with Crippen LogP contribution in [0.15, 0.2) is 117 Å². The van der Waals surface area contributed by atoms with E-state index in [1.807, 2.05) is 13.8 Å². The van der Waals surface area contributed by atoms with Crippen molar-refractivity contribution in [2.24, 2.45) is 40.9 Å². The van der Waals surface area contributed by atoms with Crippen LogP contribution < -0.4 is 33.2 Å². The van der Waals surface area contributed by atoms with Gasteiger partial charge in [0.25, 0.3) is 11.8 Å². The highest BCUT2D eigenvalue weighted by Gasteiger charge is 2.36. The number of carbonyl (C=O) groups excluding carboxylic acids is 9. The van der Waals surface area contributed by atoms with E-state index in [0.29, 0.717) is 17.6 Å². The zero-order valence-corrected chi connectivity index (χ0v) is 48.3. The number of primary amides is 2.